The molecule has 4 rings (SSSR count). The van der Waals surface area contributed by atoms with Gasteiger partial charge in [-0.3, -0.25) is 4.79 Å². The number of imidazole rings is 1. The van der Waals surface area contributed by atoms with Gasteiger partial charge in [0.05, 0.1) is 17.9 Å². The van der Waals surface area contributed by atoms with Crippen LogP contribution in [0.25, 0.3) is 5.69 Å². The van der Waals surface area contributed by atoms with E-state index in [1.54, 1.807) is 10.8 Å². The van der Waals surface area contributed by atoms with Crippen molar-refractivity contribution in [2.45, 2.75) is 78.4 Å². The molecular formula is C30H37F4N5O. The van der Waals surface area contributed by atoms with Gasteiger partial charge in [-0.05, 0) is 59.9 Å². The van der Waals surface area contributed by atoms with Crippen molar-refractivity contribution in [3.05, 3.63) is 76.7 Å². The van der Waals surface area contributed by atoms with Crippen LogP contribution in [0, 0.1) is 28.7 Å². The number of anilines is 1. The van der Waals surface area contributed by atoms with E-state index in [1.165, 1.54) is 18.5 Å². The first-order valence-electron chi connectivity index (χ1n) is 13.7. The molecule has 0 saturated heterocycles. The van der Waals surface area contributed by atoms with E-state index < -0.39 is 29.3 Å². The fourth-order valence-electron chi connectivity index (χ4n) is 5.06. The normalized spacial score (nSPS) is 16.1. The molecule has 2 aromatic carbocycles. The molecule has 0 spiro atoms. The van der Waals surface area contributed by atoms with Gasteiger partial charge in [0.15, 0.2) is 17.5 Å². The summed E-state index contributed by atoms with van der Waals surface area (Å²) in [6.07, 6.45) is 5.83. The van der Waals surface area contributed by atoms with E-state index in [2.05, 4.69) is 41.7 Å². The number of carbonyl (C=O) groups excluding carboxylic acids is 1. The van der Waals surface area contributed by atoms with Crippen molar-refractivity contribution in [2.24, 2.45) is 5.41 Å². The largest absolute Gasteiger partial charge is 0.312 e. The number of hydrogen-bond donors (Lipinski definition) is 3. The lowest BCUT2D eigenvalue weighted by Gasteiger charge is -2.29. The van der Waals surface area contributed by atoms with Crippen LogP contribution in [0.4, 0.5) is 23.4 Å². The smallest absolute Gasteiger partial charge is 0.242 e. The summed E-state index contributed by atoms with van der Waals surface area (Å²) in [6, 6.07) is 3.86. The molecule has 3 aromatic rings. The predicted octanol–water partition coefficient (Wildman–Crippen LogP) is 5.82. The first kappa shape index (κ1) is 29.7. The molecule has 0 unspecified atom stereocenters. The highest BCUT2D eigenvalue weighted by Crippen LogP contribution is 2.26. The number of rotatable bonds is 10. The number of amides is 1. The second-order valence-corrected chi connectivity index (χ2v) is 11.7. The third-order valence-electron chi connectivity index (χ3n) is 7.00. The maximum absolute atomic E-state index is 14.4. The predicted molar refractivity (Wildman–Crippen MR) is 147 cm³/mol. The Hall–Kier alpha value is -3.24. The van der Waals surface area contributed by atoms with Crippen molar-refractivity contribution in [1.82, 2.24) is 20.2 Å². The fraction of sp³-hybridized carbons (Fsp3) is 0.467. The summed E-state index contributed by atoms with van der Waals surface area (Å²) in [5.74, 6) is -3.09. The number of carbonyl (C=O) groups is 1. The second-order valence-electron chi connectivity index (χ2n) is 11.7. The van der Waals surface area contributed by atoms with Gasteiger partial charge in [0.25, 0.3) is 0 Å². The van der Waals surface area contributed by atoms with Crippen molar-refractivity contribution < 1.29 is 22.4 Å². The minimum Gasteiger partial charge on any atom is -0.312 e. The highest BCUT2D eigenvalue weighted by Gasteiger charge is 2.27. The molecule has 1 aromatic heterocycles. The number of hydrogen-bond acceptors (Lipinski definition) is 4. The molecule has 0 aliphatic heterocycles. The van der Waals surface area contributed by atoms with Gasteiger partial charge in [0.1, 0.15) is 18.0 Å². The Labute approximate surface area is 232 Å². The first-order chi connectivity index (χ1) is 18.9. The van der Waals surface area contributed by atoms with Gasteiger partial charge in [-0.15, -0.1) is 0 Å². The summed E-state index contributed by atoms with van der Waals surface area (Å²) < 4.78 is 57.7. The zero-order chi connectivity index (χ0) is 29.0. The molecule has 216 valence electrons. The summed E-state index contributed by atoms with van der Waals surface area (Å²) >= 11 is 0. The van der Waals surface area contributed by atoms with Crippen LogP contribution in [-0.2, 0) is 24.2 Å². The Balaban J connectivity index is 1.45. The van der Waals surface area contributed by atoms with E-state index in [-0.39, 0.29) is 23.2 Å². The molecule has 40 heavy (non-hydrogen) atoms. The molecule has 2 atom stereocenters. The van der Waals surface area contributed by atoms with Crippen molar-refractivity contribution >= 4 is 11.7 Å². The summed E-state index contributed by atoms with van der Waals surface area (Å²) in [4.78, 5) is 17.5. The summed E-state index contributed by atoms with van der Waals surface area (Å²) in [5, 5.41) is 9.44. The van der Waals surface area contributed by atoms with Crippen molar-refractivity contribution in [1.29, 1.82) is 0 Å². The van der Waals surface area contributed by atoms with Gasteiger partial charge < -0.3 is 20.5 Å². The van der Waals surface area contributed by atoms with E-state index in [4.69, 9.17) is 0 Å². The summed E-state index contributed by atoms with van der Waals surface area (Å²) in [7, 11) is 0. The molecule has 0 saturated carbocycles. The standard InChI is InChI=1S/C30H37F4N5O/c1-5-6-26(37-21-8-7-18-9-20(31)11-23(32)22(18)12-21)29(40)38-28-15-39(17-36-28)27-13-25(34)24(33)10-19(27)14-35-16-30(2,3)4/h9-11,13,15,17,21,26,35,37H,5-8,12,14,16H2,1-4H3,(H,38,40)/t21-,26-/m0/s1. The molecule has 1 aliphatic rings. The van der Waals surface area contributed by atoms with Crippen molar-refractivity contribution in [3.8, 4) is 5.69 Å². The molecule has 0 fully saturated rings. The number of halogens is 4. The van der Waals surface area contributed by atoms with E-state index in [9.17, 15) is 22.4 Å². The average Bonchev–Trinajstić information content (AvgIpc) is 3.33. The molecule has 3 N–H and O–H groups in total. The third kappa shape index (κ3) is 7.48. The quantitative estimate of drug-likeness (QED) is 0.274. The number of fused-ring (bicyclic) bond motifs is 1. The van der Waals surface area contributed by atoms with Crippen LogP contribution in [0.15, 0.2) is 36.8 Å². The molecule has 6 nitrogen and oxygen atoms in total. The lowest BCUT2D eigenvalue weighted by atomic mass is 9.87. The van der Waals surface area contributed by atoms with Crippen LogP contribution in [-0.4, -0.2) is 34.1 Å². The zero-order valence-electron chi connectivity index (χ0n) is 23.4. The fourth-order valence-corrected chi connectivity index (χ4v) is 5.06. The van der Waals surface area contributed by atoms with Gasteiger partial charge >= 0.3 is 0 Å². The number of benzene rings is 2. The Morgan fingerprint density at radius 3 is 2.58 bits per heavy atom. The van der Waals surface area contributed by atoms with Gasteiger partial charge in [0, 0.05) is 31.3 Å². The van der Waals surface area contributed by atoms with E-state index >= 15 is 0 Å². The van der Waals surface area contributed by atoms with Crippen LogP contribution < -0.4 is 16.0 Å². The van der Waals surface area contributed by atoms with Crippen LogP contribution in [0.3, 0.4) is 0 Å². The summed E-state index contributed by atoms with van der Waals surface area (Å²) in [6.45, 7) is 9.19. The van der Waals surface area contributed by atoms with Gasteiger partial charge in [0.2, 0.25) is 5.91 Å². The molecule has 1 heterocycles. The van der Waals surface area contributed by atoms with Crippen LogP contribution in [0.5, 0.6) is 0 Å². The van der Waals surface area contributed by atoms with Gasteiger partial charge in [-0.2, -0.15) is 0 Å². The first-order valence-corrected chi connectivity index (χ1v) is 13.7. The Morgan fingerprint density at radius 1 is 1.10 bits per heavy atom. The van der Waals surface area contributed by atoms with E-state index in [0.29, 0.717) is 61.2 Å². The maximum Gasteiger partial charge on any atom is 0.242 e. The van der Waals surface area contributed by atoms with Crippen LogP contribution >= 0.6 is 0 Å². The summed E-state index contributed by atoms with van der Waals surface area (Å²) in [5.41, 5.74) is 2.13. The third-order valence-corrected chi connectivity index (χ3v) is 7.00. The Bertz CT molecular complexity index is 1350. The lowest BCUT2D eigenvalue weighted by molar-refractivity contribution is -0.118. The maximum atomic E-state index is 14.4. The SMILES string of the molecule is CCC[C@H](N[C@H]1CCc2cc(F)cc(F)c2C1)C(=O)Nc1cn(-c2cc(F)c(F)cc2CNCC(C)(C)C)cn1. The highest BCUT2D eigenvalue weighted by atomic mass is 19.2. The molecule has 1 amide bonds. The minimum atomic E-state index is -0.978. The van der Waals surface area contributed by atoms with Crippen molar-refractivity contribution in [3.63, 3.8) is 0 Å². The van der Waals surface area contributed by atoms with Gasteiger partial charge in [-0.1, -0.05) is 34.1 Å². The lowest BCUT2D eigenvalue weighted by Crippen LogP contribution is -2.48. The monoisotopic (exact) mass is 559 g/mol. The van der Waals surface area contributed by atoms with E-state index in [0.717, 1.165) is 18.6 Å². The molecule has 1 aliphatic carbocycles. The number of aryl methyl sites for hydroxylation is 1. The number of aromatic nitrogens is 2. The molecule has 0 bridgehead atoms. The Morgan fingerprint density at radius 2 is 1.85 bits per heavy atom. The number of nitrogens with one attached hydrogen (secondary N) is 3. The van der Waals surface area contributed by atoms with Crippen LogP contribution in [0.2, 0.25) is 0 Å². The Kier molecular flexibility index (Phi) is 9.30. The average molecular weight is 560 g/mol. The zero-order valence-corrected chi connectivity index (χ0v) is 23.4. The second kappa shape index (κ2) is 12.5. The van der Waals surface area contributed by atoms with Crippen molar-refractivity contribution in [2.75, 3.05) is 11.9 Å². The highest BCUT2D eigenvalue weighted by molar-refractivity contribution is 5.94. The molecule has 0 radical (unpaired) electrons. The topological polar surface area (TPSA) is 71.0 Å². The van der Waals surface area contributed by atoms with Crippen LogP contribution in [0.1, 0.15) is 63.6 Å². The molecule has 10 heteroatoms. The number of nitrogens with zero attached hydrogens (tertiary/aromatic N) is 2. The van der Waals surface area contributed by atoms with E-state index in [1.807, 2.05) is 6.92 Å². The van der Waals surface area contributed by atoms with Gasteiger partial charge in [-0.25, -0.2) is 22.5 Å². The minimum absolute atomic E-state index is 0.0152. The molecular weight excluding hydrogens is 522 g/mol.